The molecule has 1 aromatic carbocycles. The van der Waals surface area contributed by atoms with E-state index in [2.05, 4.69) is 23.2 Å². The predicted molar refractivity (Wildman–Crippen MR) is 91.4 cm³/mol. The van der Waals surface area contributed by atoms with Gasteiger partial charge in [-0.05, 0) is 30.7 Å². The Bertz CT molecular complexity index is 546. The number of ether oxygens (including phenoxy) is 1. The van der Waals surface area contributed by atoms with E-state index in [-0.39, 0.29) is 6.04 Å². The molecule has 1 heterocycles. The molecule has 23 heavy (non-hydrogen) atoms. The van der Waals surface area contributed by atoms with Crippen molar-refractivity contribution in [3.63, 3.8) is 0 Å². The topological polar surface area (TPSA) is 41.6 Å². The fraction of sp³-hybridized carbons (Fsp3) is 0.632. The van der Waals surface area contributed by atoms with Gasteiger partial charge in [-0.25, -0.2) is 0 Å². The van der Waals surface area contributed by atoms with E-state index < -0.39 is 0 Å². The standard InChI is InChI=1S/C19H28N2O2/c1-14-7-8-15(11-14)12-19(22)21-10-9-20-13-17(21)16-5-3-4-6-18(16)23-2/h3-6,14-15,17,20H,7-13H2,1-2H3. The molecule has 1 aromatic rings. The highest BCUT2D eigenvalue weighted by atomic mass is 16.5. The van der Waals surface area contributed by atoms with Gasteiger partial charge < -0.3 is 15.0 Å². The Kier molecular flexibility index (Phi) is 5.21. The molecule has 0 spiro atoms. The average Bonchev–Trinajstić information content (AvgIpc) is 2.99. The lowest BCUT2D eigenvalue weighted by Gasteiger charge is -2.37. The van der Waals surface area contributed by atoms with Crippen LogP contribution in [0.2, 0.25) is 0 Å². The van der Waals surface area contributed by atoms with Gasteiger partial charge in [0.05, 0.1) is 13.2 Å². The summed E-state index contributed by atoms with van der Waals surface area (Å²) in [5, 5.41) is 3.42. The van der Waals surface area contributed by atoms with Crippen molar-refractivity contribution in [1.29, 1.82) is 0 Å². The highest BCUT2D eigenvalue weighted by Gasteiger charge is 2.32. The lowest BCUT2D eigenvalue weighted by molar-refractivity contribution is -0.135. The fourth-order valence-electron chi connectivity index (χ4n) is 4.10. The van der Waals surface area contributed by atoms with Crippen molar-refractivity contribution in [3.8, 4) is 5.75 Å². The Morgan fingerprint density at radius 2 is 2.17 bits per heavy atom. The van der Waals surface area contributed by atoms with E-state index in [0.717, 1.165) is 36.9 Å². The number of benzene rings is 1. The molecule has 0 aromatic heterocycles. The largest absolute Gasteiger partial charge is 0.496 e. The van der Waals surface area contributed by atoms with Crippen LogP contribution in [-0.2, 0) is 4.79 Å². The summed E-state index contributed by atoms with van der Waals surface area (Å²) < 4.78 is 5.51. The van der Waals surface area contributed by atoms with Gasteiger partial charge in [0.15, 0.2) is 0 Å². The molecule has 1 amide bonds. The molecule has 3 unspecified atom stereocenters. The molecule has 4 heteroatoms. The van der Waals surface area contributed by atoms with E-state index >= 15 is 0 Å². The van der Waals surface area contributed by atoms with Gasteiger partial charge in [-0.3, -0.25) is 4.79 Å². The first-order chi connectivity index (χ1) is 11.2. The lowest BCUT2D eigenvalue weighted by Crippen LogP contribution is -2.49. The second kappa shape index (κ2) is 7.35. The molecular weight excluding hydrogens is 288 g/mol. The second-order valence-electron chi connectivity index (χ2n) is 7.04. The van der Waals surface area contributed by atoms with Crippen LogP contribution in [0.5, 0.6) is 5.75 Å². The van der Waals surface area contributed by atoms with Crippen LogP contribution >= 0.6 is 0 Å². The third-order valence-corrected chi connectivity index (χ3v) is 5.33. The summed E-state index contributed by atoms with van der Waals surface area (Å²) in [4.78, 5) is 15.0. The number of piperazine rings is 1. The van der Waals surface area contributed by atoms with Gasteiger partial charge in [-0.1, -0.05) is 31.5 Å². The normalized spacial score (nSPS) is 27.9. The van der Waals surface area contributed by atoms with Crippen LogP contribution in [0.25, 0.3) is 0 Å². The van der Waals surface area contributed by atoms with Gasteiger partial charge in [0.25, 0.3) is 0 Å². The monoisotopic (exact) mass is 316 g/mol. The third-order valence-electron chi connectivity index (χ3n) is 5.33. The molecular formula is C19H28N2O2. The molecule has 0 radical (unpaired) electrons. The van der Waals surface area contributed by atoms with Crippen LogP contribution < -0.4 is 10.1 Å². The van der Waals surface area contributed by atoms with Crippen LogP contribution in [0.3, 0.4) is 0 Å². The van der Waals surface area contributed by atoms with Crippen molar-refractivity contribution in [3.05, 3.63) is 29.8 Å². The summed E-state index contributed by atoms with van der Waals surface area (Å²) in [5.74, 6) is 2.53. The number of hydrogen-bond donors (Lipinski definition) is 1. The molecule has 1 saturated carbocycles. The van der Waals surface area contributed by atoms with Crippen LogP contribution in [-0.4, -0.2) is 37.6 Å². The number of methoxy groups -OCH3 is 1. The minimum absolute atomic E-state index is 0.0752. The zero-order valence-corrected chi connectivity index (χ0v) is 14.3. The molecule has 3 rings (SSSR count). The summed E-state index contributed by atoms with van der Waals surface area (Å²) >= 11 is 0. The SMILES string of the molecule is COc1ccccc1C1CNCCN1C(=O)CC1CCC(C)C1. The van der Waals surface area contributed by atoms with Crippen LogP contribution in [0.15, 0.2) is 24.3 Å². The zero-order valence-electron chi connectivity index (χ0n) is 14.3. The van der Waals surface area contributed by atoms with Gasteiger partial charge >= 0.3 is 0 Å². The number of amides is 1. The maximum atomic E-state index is 12.9. The Balaban J connectivity index is 1.74. The number of carbonyl (C=O) groups excluding carboxylic acids is 1. The Morgan fingerprint density at radius 3 is 2.91 bits per heavy atom. The van der Waals surface area contributed by atoms with Gasteiger partial charge in [0.1, 0.15) is 5.75 Å². The average molecular weight is 316 g/mol. The lowest BCUT2D eigenvalue weighted by atomic mass is 9.98. The molecule has 1 aliphatic carbocycles. The number of carbonyl (C=O) groups is 1. The maximum absolute atomic E-state index is 12.9. The first-order valence-corrected chi connectivity index (χ1v) is 8.82. The molecule has 1 saturated heterocycles. The molecule has 2 fully saturated rings. The van der Waals surface area contributed by atoms with Crippen LogP contribution in [0, 0.1) is 11.8 Å². The van der Waals surface area contributed by atoms with E-state index in [1.54, 1.807) is 7.11 Å². The summed E-state index contributed by atoms with van der Waals surface area (Å²) in [6.45, 7) is 4.75. The second-order valence-corrected chi connectivity index (χ2v) is 7.04. The molecule has 1 aliphatic heterocycles. The van der Waals surface area contributed by atoms with E-state index in [9.17, 15) is 4.79 Å². The molecule has 2 aliphatic rings. The van der Waals surface area contributed by atoms with Crippen LogP contribution in [0.4, 0.5) is 0 Å². The van der Waals surface area contributed by atoms with Gasteiger partial charge in [0, 0.05) is 31.6 Å². The minimum Gasteiger partial charge on any atom is -0.496 e. The Morgan fingerprint density at radius 1 is 1.35 bits per heavy atom. The van der Waals surface area contributed by atoms with Crippen molar-refractivity contribution in [2.24, 2.45) is 11.8 Å². The zero-order chi connectivity index (χ0) is 16.2. The number of rotatable bonds is 4. The van der Waals surface area contributed by atoms with Gasteiger partial charge in [-0.15, -0.1) is 0 Å². The predicted octanol–water partition coefficient (Wildman–Crippen LogP) is 2.99. The third kappa shape index (κ3) is 3.69. The highest BCUT2D eigenvalue weighted by Crippen LogP contribution is 2.35. The van der Waals surface area contributed by atoms with Crippen molar-refractivity contribution in [2.75, 3.05) is 26.7 Å². The summed E-state index contributed by atoms with van der Waals surface area (Å²) in [6.07, 6.45) is 4.39. The van der Waals surface area contributed by atoms with Crippen molar-refractivity contribution >= 4 is 5.91 Å². The quantitative estimate of drug-likeness (QED) is 0.928. The molecule has 4 nitrogen and oxygen atoms in total. The molecule has 3 atom stereocenters. The van der Waals surface area contributed by atoms with E-state index in [1.807, 2.05) is 18.2 Å². The number of para-hydroxylation sites is 1. The highest BCUT2D eigenvalue weighted by molar-refractivity contribution is 5.77. The van der Waals surface area contributed by atoms with Crippen molar-refractivity contribution in [2.45, 2.75) is 38.6 Å². The Labute approximate surface area is 139 Å². The fourth-order valence-corrected chi connectivity index (χ4v) is 4.10. The van der Waals surface area contributed by atoms with Gasteiger partial charge in [0.2, 0.25) is 5.91 Å². The maximum Gasteiger partial charge on any atom is 0.223 e. The molecule has 1 N–H and O–H groups in total. The Hall–Kier alpha value is -1.55. The smallest absolute Gasteiger partial charge is 0.223 e. The first-order valence-electron chi connectivity index (χ1n) is 8.82. The van der Waals surface area contributed by atoms with E-state index in [0.29, 0.717) is 18.2 Å². The first kappa shape index (κ1) is 16.3. The summed E-state index contributed by atoms with van der Waals surface area (Å²) in [7, 11) is 1.70. The number of nitrogens with zero attached hydrogens (tertiary/aromatic N) is 1. The van der Waals surface area contributed by atoms with Crippen molar-refractivity contribution in [1.82, 2.24) is 10.2 Å². The van der Waals surface area contributed by atoms with Crippen LogP contribution in [0.1, 0.15) is 44.2 Å². The molecule has 0 bridgehead atoms. The molecule has 126 valence electrons. The van der Waals surface area contributed by atoms with Crippen molar-refractivity contribution < 1.29 is 9.53 Å². The van der Waals surface area contributed by atoms with Gasteiger partial charge in [-0.2, -0.15) is 0 Å². The number of hydrogen-bond acceptors (Lipinski definition) is 3. The van der Waals surface area contributed by atoms with E-state index in [1.165, 1.54) is 19.3 Å². The minimum atomic E-state index is 0.0752. The number of nitrogens with one attached hydrogen (secondary N) is 1. The summed E-state index contributed by atoms with van der Waals surface area (Å²) in [5.41, 5.74) is 1.11. The van der Waals surface area contributed by atoms with E-state index in [4.69, 9.17) is 4.74 Å². The summed E-state index contributed by atoms with van der Waals surface area (Å²) in [6, 6.07) is 8.13.